The van der Waals surface area contributed by atoms with Gasteiger partial charge in [-0.1, -0.05) is 146 Å². The highest BCUT2D eigenvalue weighted by atomic mass is 16.3. The Bertz CT molecular complexity index is 2440. The van der Waals surface area contributed by atoms with E-state index in [0.29, 0.717) is 17.5 Å². The summed E-state index contributed by atoms with van der Waals surface area (Å²) in [6, 6.07) is 48.3. The van der Waals surface area contributed by atoms with Gasteiger partial charge in [-0.05, 0) is 45.5 Å². The van der Waals surface area contributed by atoms with Crippen molar-refractivity contribution in [2.75, 3.05) is 0 Å². The molecule has 2 aromatic heterocycles. The average molecular weight is 604 g/mol. The van der Waals surface area contributed by atoms with Crippen molar-refractivity contribution in [3.8, 4) is 56.4 Å². The molecule has 0 unspecified atom stereocenters. The number of aromatic nitrogens is 3. The Hall–Kier alpha value is -6.13. The minimum atomic E-state index is 0.642. The first-order valence-electron chi connectivity index (χ1n) is 16.0. The molecule has 0 bridgehead atoms. The number of hydrogen-bond acceptors (Lipinski definition) is 4. The summed E-state index contributed by atoms with van der Waals surface area (Å²) in [6.07, 6.45) is 6.40. The summed E-state index contributed by atoms with van der Waals surface area (Å²) >= 11 is 0. The lowest BCUT2D eigenvalue weighted by Gasteiger charge is -2.13. The highest BCUT2D eigenvalue weighted by Gasteiger charge is 2.20. The van der Waals surface area contributed by atoms with Crippen LogP contribution < -0.4 is 0 Å². The predicted octanol–water partition coefficient (Wildman–Crippen LogP) is 11.1. The first-order chi connectivity index (χ1) is 23.3. The number of allylic oxidation sites excluding steroid dienone is 1. The molecule has 4 heteroatoms. The maximum atomic E-state index is 6.32. The van der Waals surface area contributed by atoms with Crippen molar-refractivity contribution >= 4 is 27.8 Å². The van der Waals surface area contributed by atoms with Crippen molar-refractivity contribution in [3.05, 3.63) is 157 Å². The number of furan rings is 1. The van der Waals surface area contributed by atoms with Gasteiger partial charge < -0.3 is 4.42 Å². The van der Waals surface area contributed by atoms with Gasteiger partial charge in [0.15, 0.2) is 17.5 Å². The van der Waals surface area contributed by atoms with Gasteiger partial charge in [0.2, 0.25) is 0 Å². The Labute approximate surface area is 272 Å². The summed E-state index contributed by atoms with van der Waals surface area (Å²) in [5, 5.41) is 3.40. The molecule has 0 aliphatic heterocycles. The third kappa shape index (κ3) is 4.82. The molecule has 1 aliphatic rings. The van der Waals surface area contributed by atoms with Gasteiger partial charge in [-0.25, -0.2) is 15.0 Å². The van der Waals surface area contributed by atoms with Crippen LogP contribution in [0.15, 0.2) is 150 Å². The van der Waals surface area contributed by atoms with E-state index in [0.717, 1.165) is 62.8 Å². The number of nitrogens with zero attached hydrogens (tertiary/aromatic N) is 3. The van der Waals surface area contributed by atoms with E-state index < -0.39 is 0 Å². The van der Waals surface area contributed by atoms with E-state index in [4.69, 9.17) is 19.4 Å². The molecule has 0 N–H and O–H groups in total. The third-order valence-electron chi connectivity index (χ3n) is 9.02. The largest absolute Gasteiger partial charge is 0.460 e. The zero-order valence-corrected chi connectivity index (χ0v) is 25.6. The second-order valence-corrected chi connectivity index (χ2v) is 11.9. The van der Waals surface area contributed by atoms with Gasteiger partial charge in [0, 0.05) is 34.1 Å². The Morgan fingerprint density at radius 1 is 0.447 bits per heavy atom. The molecule has 47 heavy (non-hydrogen) atoms. The fourth-order valence-electron chi connectivity index (χ4n) is 6.75. The van der Waals surface area contributed by atoms with Crippen LogP contribution in [0.3, 0.4) is 0 Å². The summed E-state index contributed by atoms with van der Waals surface area (Å²) in [7, 11) is 0. The summed E-state index contributed by atoms with van der Waals surface area (Å²) in [5.41, 5.74) is 9.63. The van der Waals surface area contributed by atoms with E-state index in [1.165, 1.54) is 22.1 Å². The van der Waals surface area contributed by atoms with Crippen LogP contribution in [0.25, 0.3) is 84.2 Å². The fourth-order valence-corrected chi connectivity index (χ4v) is 6.75. The van der Waals surface area contributed by atoms with Crippen molar-refractivity contribution in [1.82, 2.24) is 15.0 Å². The minimum Gasteiger partial charge on any atom is -0.460 e. The first kappa shape index (κ1) is 27.2. The molecule has 222 valence electrons. The smallest absolute Gasteiger partial charge is 0.164 e. The summed E-state index contributed by atoms with van der Waals surface area (Å²) in [5.74, 6) is 3.00. The average Bonchev–Trinajstić information content (AvgIpc) is 3.54. The minimum absolute atomic E-state index is 0.642. The third-order valence-corrected chi connectivity index (χ3v) is 9.02. The van der Waals surface area contributed by atoms with Crippen LogP contribution >= 0.6 is 0 Å². The maximum Gasteiger partial charge on any atom is 0.164 e. The lowest BCUT2D eigenvalue weighted by Crippen LogP contribution is -2.00. The Balaban J connectivity index is 1.22. The van der Waals surface area contributed by atoms with Crippen LogP contribution in [0.2, 0.25) is 0 Å². The lowest BCUT2D eigenvalue weighted by atomic mass is 9.91. The van der Waals surface area contributed by atoms with Gasteiger partial charge in [0.1, 0.15) is 11.3 Å². The van der Waals surface area contributed by atoms with Crippen molar-refractivity contribution in [2.24, 2.45) is 0 Å². The van der Waals surface area contributed by atoms with Crippen molar-refractivity contribution < 1.29 is 4.42 Å². The first-order valence-corrected chi connectivity index (χ1v) is 16.0. The summed E-state index contributed by atoms with van der Waals surface area (Å²) in [6.45, 7) is 0. The van der Waals surface area contributed by atoms with Crippen molar-refractivity contribution in [1.29, 1.82) is 0 Å². The van der Waals surface area contributed by atoms with Gasteiger partial charge in [0.05, 0.1) is 0 Å². The molecule has 8 aromatic rings. The van der Waals surface area contributed by atoms with Gasteiger partial charge in [-0.15, -0.1) is 0 Å². The zero-order chi connectivity index (χ0) is 31.2. The topological polar surface area (TPSA) is 51.8 Å². The van der Waals surface area contributed by atoms with Gasteiger partial charge in [-0.3, -0.25) is 0 Å². The summed E-state index contributed by atoms with van der Waals surface area (Å²) in [4.78, 5) is 15.2. The van der Waals surface area contributed by atoms with E-state index in [2.05, 4.69) is 115 Å². The highest BCUT2D eigenvalue weighted by Crippen LogP contribution is 2.41. The quantitative estimate of drug-likeness (QED) is 0.196. The van der Waals surface area contributed by atoms with Crippen LogP contribution in [0.1, 0.15) is 17.7 Å². The molecule has 2 heterocycles. The monoisotopic (exact) mass is 603 g/mol. The molecule has 9 rings (SSSR count). The van der Waals surface area contributed by atoms with Gasteiger partial charge in [0.25, 0.3) is 0 Å². The molecule has 1 aliphatic carbocycles. The molecule has 6 aromatic carbocycles. The Kier molecular flexibility index (Phi) is 6.57. The van der Waals surface area contributed by atoms with Crippen LogP contribution in [0.5, 0.6) is 0 Å². The summed E-state index contributed by atoms with van der Waals surface area (Å²) < 4.78 is 6.32. The van der Waals surface area contributed by atoms with E-state index in [9.17, 15) is 0 Å². The number of fused-ring (bicyclic) bond motifs is 4. The van der Waals surface area contributed by atoms with Crippen LogP contribution in [0.4, 0.5) is 0 Å². The van der Waals surface area contributed by atoms with Gasteiger partial charge >= 0.3 is 0 Å². The fraction of sp³-hybridized carbons (Fsp3) is 0.0465. The van der Waals surface area contributed by atoms with E-state index in [-0.39, 0.29) is 0 Å². The number of benzene rings is 6. The highest BCUT2D eigenvalue weighted by molar-refractivity contribution is 6.10. The Morgan fingerprint density at radius 3 is 1.74 bits per heavy atom. The molecular weight excluding hydrogens is 574 g/mol. The number of hydrogen-bond donors (Lipinski definition) is 0. The number of rotatable bonds is 5. The Morgan fingerprint density at radius 2 is 1.00 bits per heavy atom. The molecule has 0 fully saturated rings. The zero-order valence-electron chi connectivity index (χ0n) is 25.6. The standard InChI is InChI=1S/C43H29N3O/c1-3-12-28(13-4-1)29-24-26-31(27-25-29)42-44-41(30-14-5-2-6-15-30)45-43(46-42)36-21-10-17-32-33(18-9-19-34(32)36)35-20-11-23-39-40(35)37-16-7-8-22-38(37)47-39/h1-7,9-21,23-27H,8,22H2. The number of aryl methyl sites for hydroxylation is 1. The van der Waals surface area contributed by atoms with Crippen molar-refractivity contribution in [3.63, 3.8) is 0 Å². The van der Waals surface area contributed by atoms with E-state index in [1.54, 1.807) is 0 Å². The maximum absolute atomic E-state index is 6.32. The van der Waals surface area contributed by atoms with Crippen LogP contribution in [-0.2, 0) is 6.42 Å². The normalized spacial score (nSPS) is 12.4. The molecule has 0 amide bonds. The SMILES string of the molecule is C1=Cc2c(oc3cccc(-c4cccc5c(-c6nc(-c7ccccc7)nc(-c7ccc(-c8ccccc8)cc7)n6)cccc45)c23)CC1. The molecule has 0 atom stereocenters. The molecule has 0 saturated carbocycles. The lowest BCUT2D eigenvalue weighted by molar-refractivity contribution is 0.546. The molecule has 0 spiro atoms. The predicted molar refractivity (Wildman–Crippen MR) is 192 cm³/mol. The second kappa shape index (κ2) is 11.3. The van der Waals surface area contributed by atoms with E-state index >= 15 is 0 Å². The molecule has 0 saturated heterocycles. The molecule has 0 radical (unpaired) electrons. The van der Waals surface area contributed by atoms with E-state index in [1.807, 2.05) is 36.4 Å². The van der Waals surface area contributed by atoms with Crippen LogP contribution in [0, 0.1) is 0 Å². The van der Waals surface area contributed by atoms with Crippen LogP contribution in [-0.4, -0.2) is 15.0 Å². The molecule has 4 nitrogen and oxygen atoms in total. The molecular formula is C43H29N3O. The van der Waals surface area contributed by atoms with Crippen molar-refractivity contribution in [2.45, 2.75) is 12.8 Å². The van der Waals surface area contributed by atoms with Gasteiger partial charge in [-0.2, -0.15) is 0 Å². The second-order valence-electron chi connectivity index (χ2n) is 11.9.